The second kappa shape index (κ2) is 8.53. The van der Waals surface area contributed by atoms with E-state index in [1.54, 1.807) is 0 Å². The minimum absolute atomic E-state index is 0.434. The van der Waals surface area contributed by atoms with Crippen molar-refractivity contribution in [2.24, 2.45) is 0 Å². The molecule has 0 amide bonds. The van der Waals surface area contributed by atoms with E-state index in [1.807, 2.05) is 6.08 Å². The number of rotatable bonds is 6. The summed E-state index contributed by atoms with van der Waals surface area (Å²) < 4.78 is 0. The van der Waals surface area contributed by atoms with Crippen LogP contribution in [0.1, 0.15) is 27.8 Å². The number of allylic oxidation sites excluding steroid dienone is 1. The molecule has 0 bridgehead atoms. The van der Waals surface area contributed by atoms with Crippen molar-refractivity contribution in [1.82, 2.24) is 0 Å². The van der Waals surface area contributed by atoms with Crippen LogP contribution in [0.15, 0.2) is 121 Å². The van der Waals surface area contributed by atoms with Crippen LogP contribution in [0.4, 0.5) is 0 Å². The number of carbonyl (C=O) groups is 1. The minimum Gasteiger partial charge on any atom is -0.299 e. The lowest BCUT2D eigenvalue weighted by Crippen LogP contribution is -2.30. The first-order valence-electron chi connectivity index (χ1n) is 9.74. The number of carbonyl (C=O) groups excluding carboxylic acids is 1. The van der Waals surface area contributed by atoms with Gasteiger partial charge in [0.05, 0.1) is 5.41 Å². The Hall–Kier alpha value is -3.71. The molecule has 4 aromatic carbocycles. The molecule has 0 heterocycles. The van der Waals surface area contributed by atoms with Gasteiger partial charge in [-0.1, -0.05) is 121 Å². The summed E-state index contributed by atoms with van der Waals surface area (Å²) in [5.74, 6) is 0. The number of aldehydes is 1. The van der Waals surface area contributed by atoms with Crippen LogP contribution < -0.4 is 0 Å². The smallest absolute Gasteiger partial charge is 0.142 e. The third-order valence-corrected chi connectivity index (χ3v) is 5.33. The van der Waals surface area contributed by atoms with Gasteiger partial charge in [-0.2, -0.15) is 0 Å². The molecule has 0 aliphatic rings. The molecule has 0 aliphatic heterocycles. The molecule has 4 aromatic rings. The van der Waals surface area contributed by atoms with Crippen molar-refractivity contribution in [2.45, 2.75) is 5.41 Å². The van der Waals surface area contributed by atoms with Gasteiger partial charge >= 0.3 is 0 Å². The number of hydrogen-bond donors (Lipinski definition) is 0. The summed E-state index contributed by atoms with van der Waals surface area (Å²) in [6.45, 7) is 0. The van der Waals surface area contributed by atoms with Crippen LogP contribution in [0.3, 0.4) is 0 Å². The molecule has 0 atom stereocenters. The lowest BCUT2D eigenvalue weighted by atomic mass is 9.65. The highest BCUT2D eigenvalue weighted by Crippen LogP contribution is 2.44. The van der Waals surface area contributed by atoms with E-state index in [0.717, 1.165) is 11.8 Å². The van der Waals surface area contributed by atoms with Gasteiger partial charge in [0, 0.05) is 0 Å². The van der Waals surface area contributed by atoms with Crippen molar-refractivity contribution < 1.29 is 4.79 Å². The molecule has 1 nitrogen and oxygen atoms in total. The maximum atomic E-state index is 10.7. The molecule has 0 unspecified atom stereocenters. The quantitative estimate of drug-likeness (QED) is 0.220. The standard InChI is InChI=1S/C28H22O/c29-22-10-11-23-18-20-27(21-19-23)28(24-12-4-1-5-13-24,25-14-6-2-7-15-25)26-16-8-3-9-17-26/h1-22H/b11-10+. The monoisotopic (exact) mass is 374 g/mol. The van der Waals surface area contributed by atoms with E-state index >= 15 is 0 Å². The summed E-state index contributed by atoms with van der Waals surface area (Å²) in [7, 11) is 0. The van der Waals surface area contributed by atoms with E-state index in [1.165, 1.54) is 28.3 Å². The Morgan fingerprint density at radius 2 is 0.862 bits per heavy atom. The van der Waals surface area contributed by atoms with Gasteiger partial charge in [-0.3, -0.25) is 4.79 Å². The fourth-order valence-corrected chi connectivity index (χ4v) is 4.06. The van der Waals surface area contributed by atoms with Crippen molar-refractivity contribution in [3.63, 3.8) is 0 Å². The normalized spacial score (nSPS) is 11.4. The van der Waals surface area contributed by atoms with E-state index in [0.29, 0.717) is 0 Å². The molecule has 29 heavy (non-hydrogen) atoms. The van der Waals surface area contributed by atoms with Crippen LogP contribution in [0.2, 0.25) is 0 Å². The Bertz CT molecular complexity index is 983. The number of benzene rings is 4. The third-order valence-electron chi connectivity index (χ3n) is 5.33. The highest BCUT2D eigenvalue weighted by atomic mass is 16.1. The zero-order chi connectivity index (χ0) is 19.9. The maximum absolute atomic E-state index is 10.7. The highest BCUT2D eigenvalue weighted by Gasteiger charge is 2.37. The first kappa shape index (κ1) is 18.6. The fourth-order valence-electron chi connectivity index (χ4n) is 4.06. The van der Waals surface area contributed by atoms with Gasteiger partial charge in [0.2, 0.25) is 0 Å². The summed E-state index contributed by atoms with van der Waals surface area (Å²) >= 11 is 0. The third kappa shape index (κ3) is 3.55. The maximum Gasteiger partial charge on any atom is 0.142 e. The predicted octanol–water partition coefficient (Wildman–Crippen LogP) is 6.28. The highest BCUT2D eigenvalue weighted by molar-refractivity contribution is 5.74. The Balaban J connectivity index is 2.03. The Morgan fingerprint density at radius 3 is 1.24 bits per heavy atom. The van der Waals surface area contributed by atoms with E-state index in [-0.39, 0.29) is 0 Å². The molecule has 0 fully saturated rings. The fraction of sp³-hybridized carbons (Fsp3) is 0.0357. The molecule has 0 saturated heterocycles. The van der Waals surface area contributed by atoms with Crippen molar-refractivity contribution in [1.29, 1.82) is 0 Å². The average molecular weight is 374 g/mol. The summed E-state index contributed by atoms with van der Waals surface area (Å²) in [6, 6.07) is 40.4. The Kier molecular flexibility index (Phi) is 5.49. The Morgan fingerprint density at radius 1 is 0.483 bits per heavy atom. The Labute approximate surface area is 172 Å². The van der Waals surface area contributed by atoms with E-state index in [9.17, 15) is 4.79 Å². The molecule has 0 saturated carbocycles. The lowest BCUT2D eigenvalue weighted by molar-refractivity contribution is -0.104. The van der Waals surface area contributed by atoms with Crippen LogP contribution in [0.25, 0.3) is 6.08 Å². The van der Waals surface area contributed by atoms with Gasteiger partial charge in [-0.25, -0.2) is 0 Å². The van der Waals surface area contributed by atoms with Crippen LogP contribution >= 0.6 is 0 Å². The second-order valence-electron chi connectivity index (χ2n) is 6.97. The zero-order valence-electron chi connectivity index (χ0n) is 16.1. The van der Waals surface area contributed by atoms with E-state index in [4.69, 9.17) is 0 Å². The topological polar surface area (TPSA) is 17.1 Å². The summed E-state index contributed by atoms with van der Waals surface area (Å²) in [5.41, 5.74) is 5.40. The molecule has 0 aromatic heterocycles. The zero-order valence-corrected chi connectivity index (χ0v) is 16.1. The van der Waals surface area contributed by atoms with Crippen molar-refractivity contribution >= 4 is 12.4 Å². The molecule has 4 rings (SSSR count). The lowest BCUT2D eigenvalue weighted by Gasteiger charge is -2.36. The number of hydrogen-bond acceptors (Lipinski definition) is 1. The molecule has 0 radical (unpaired) electrons. The van der Waals surface area contributed by atoms with E-state index in [2.05, 4.69) is 115 Å². The minimum atomic E-state index is -0.434. The van der Waals surface area contributed by atoms with Gasteiger partial charge in [0.25, 0.3) is 0 Å². The molecular formula is C28H22O. The molecule has 0 aliphatic carbocycles. The summed E-state index contributed by atoms with van der Waals surface area (Å²) in [4.78, 5) is 10.7. The summed E-state index contributed by atoms with van der Waals surface area (Å²) in [6.07, 6.45) is 4.15. The largest absolute Gasteiger partial charge is 0.299 e. The first-order chi connectivity index (χ1) is 14.4. The molecular weight excluding hydrogens is 352 g/mol. The first-order valence-corrected chi connectivity index (χ1v) is 9.74. The van der Waals surface area contributed by atoms with Crippen LogP contribution in [-0.4, -0.2) is 6.29 Å². The molecule has 0 N–H and O–H groups in total. The van der Waals surface area contributed by atoms with Crippen molar-refractivity contribution in [3.8, 4) is 0 Å². The molecule has 140 valence electrons. The molecule has 0 spiro atoms. The van der Waals surface area contributed by atoms with Crippen molar-refractivity contribution in [3.05, 3.63) is 149 Å². The predicted molar refractivity (Wildman–Crippen MR) is 120 cm³/mol. The van der Waals surface area contributed by atoms with Gasteiger partial charge in [-0.05, 0) is 33.9 Å². The van der Waals surface area contributed by atoms with Gasteiger partial charge in [0.1, 0.15) is 6.29 Å². The molecule has 1 heteroatoms. The van der Waals surface area contributed by atoms with Crippen molar-refractivity contribution in [2.75, 3.05) is 0 Å². The SMILES string of the molecule is O=C/C=C/c1ccc(C(c2ccccc2)(c2ccccc2)c2ccccc2)cc1. The van der Waals surface area contributed by atoms with E-state index < -0.39 is 5.41 Å². The second-order valence-corrected chi connectivity index (χ2v) is 6.97. The average Bonchev–Trinajstić information content (AvgIpc) is 2.81. The van der Waals surface area contributed by atoms with Crippen LogP contribution in [-0.2, 0) is 10.2 Å². The van der Waals surface area contributed by atoms with Gasteiger partial charge in [-0.15, -0.1) is 0 Å². The van der Waals surface area contributed by atoms with Gasteiger partial charge < -0.3 is 0 Å². The summed E-state index contributed by atoms with van der Waals surface area (Å²) in [5, 5.41) is 0. The van der Waals surface area contributed by atoms with Crippen LogP contribution in [0, 0.1) is 0 Å². The van der Waals surface area contributed by atoms with Gasteiger partial charge in [0.15, 0.2) is 0 Å². The van der Waals surface area contributed by atoms with Crippen LogP contribution in [0.5, 0.6) is 0 Å².